The van der Waals surface area contributed by atoms with E-state index >= 15 is 0 Å². The molecule has 1 unspecified atom stereocenters. The van der Waals surface area contributed by atoms with E-state index in [0.717, 1.165) is 19.6 Å². The first-order valence-corrected chi connectivity index (χ1v) is 7.49. The molecule has 1 rings (SSSR count). The van der Waals surface area contributed by atoms with Crippen molar-refractivity contribution in [1.82, 2.24) is 10.2 Å². The molecule has 18 heavy (non-hydrogen) atoms. The SMILES string of the molecule is CCC(CC)CN=C(N)NCC1CCCN1CC. The number of nitrogens with zero attached hydrogens (tertiary/aromatic N) is 2. The Morgan fingerprint density at radius 2 is 2.11 bits per heavy atom. The third kappa shape index (κ3) is 4.84. The number of nitrogens with two attached hydrogens (primary N) is 1. The molecule has 4 heteroatoms. The molecule has 106 valence electrons. The van der Waals surface area contributed by atoms with Gasteiger partial charge in [0.15, 0.2) is 5.96 Å². The van der Waals surface area contributed by atoms with Crippen molar-refractivity contribution >= 4 is 5.96 Å². The Morgan fingerprint density at radius 3 is 2.72 bits per heavy atom. The lowest BCUT2D eigenvalue weighted by Gasteiger charge is -2.23. The second kappa shape index (κ2) is 8.35. The number of hydrogen-bond donors (Lipinski definition) is 2. The summed E-state index contributed by atoms with van der Waals surface area (Å²) >= 11 is 0. The van der Waals surface area contributed by atoms with Crippen LogP contribution in [-0.4, -0.2) is 43.1 Å². The van der Waals surface area contributed by atoms with E-state index in [2.05, 4.69) is 36.0 Å². The summed E-state index contributed by atoms with van der Waals surface area (Å²) in [5.41, 5.74) is 5.92. The van der Waals surface area contributed by atoms with Crippen LogP contribution in [0.2, 0.25) is 0 Å². The molecule has 0 saturated carbocycles. The van der Waals surface area contributed by atoms with E-state index < -0.39 is 0 Å². The first-order chi connectivity index (χ1) is 8.71. The summed E-state index contributed by atoms with van der Waals surface area (Å²) in [7, 11) is 0. The zero-order valence-corrected chi connectivity index (χ0v) is 12.3. The van der Waals surface area contributed by atoms with Crippen LogP contribution in [0.5, 0.6) is 0 Å². The van der Waals surface area contributed by atoms with Crippen molar-refractivity contribution in [3.8, 4) is 0 Å². The molecule has 0 bridgehead atoms. The van der Waals surface area contributed by atoms with Crippen LogP contribution in [0, 0.1) is 5.92 Å². The summed E-state index contributed by atoms with van der Waals surface area (Å²) in [6.07, 6.45) is 4.95. The predicted molar refractivity (Wildman–Crippen MR) is 78.8 cm³/mol. The number of rotatable bonds is 7. The Hall–Kier alpha value is -0.770. The molecule has 1 atom stereocenters. The smallest absolute Gasteiger partial charge is 0.188 e. The third-order valence-electron chi connectivity index (χ3n) is 4.10. The predicted octanol–water partition coefficient (Wildman–Crippen LogP) is 1.81. The van der Waals surface area contributed by atoms with Crippen molar-refractivity contribution in [3.63, 3.8) is 0 Å². The molecule has 0 aromatic rings. The lowest BCUT2D eigenvalue weighted by atomic mass is 10.0. The molecule has 0 aromatic carbocycles. The molecule has 3 N–H and O–H groups in total. The highest BCUT2D eigenvalue weighted by molar-refractivity contribution is 5.77. The molecule has 4 nitrogen and oxygen atoms in total. The van der Waals surface area contributed by atoms with Gasteiger partial charge in [-0.25, -0.2) is 0 Å². The fraction of sp³-hybridized carbons (Fsp3) is 0.929. The standard InChI is InChI=1S/C14H30N4/c1-4-12(5-2)10-16-14(15)17-11-13-8-7-9-18(13)6-3/h12-13H,4-11H2,1-3H3,(H3,15,16,17). The molecule has 1 aliphatic heterocycles. The van der Waals surface area contributed by atoms with Crippen LogP contribution < -0.4 is 11.1 Å². The number of aliphatic imine (C=N–C) groups is 1. The van der Waals surface area contributed by atoms with E-state index in [9.17, 15) is 0 Å². The number of likely N-dealkylation sites (N-methyl/N-ethyl adjacent to an activating group) is 1. The van der Waals surface area contributed by atoms with Gasteiger partial charge in [0.2, 0.25) is 0 Å². The highest BCUT2D eigenvalue weighted by atomic mass is 15.2. The van der Waals surface area contributed by atoms with Crippen molar-refractivity contribution < 1.29 is 0 Å². The van der Waals surface area contributed by atoms with Gasteiger partial charge in [-0.1, -0.05) is 33.6 Å². The van der Waals surface area contributed by atoms with Crippen LogP contribution in [0.4, 0.5) is 0 Å². The monoisotopic (exact) mass is 254 g/mol. The van der Waals surface area contributed by atoms with Gasteiger partial charge in [-0.3, -0.25) is 9.89 Å². The van der Waals surface area contributed by atoms with E-state index in [-0.39, 0.29) is 0 Å². The van der Waals surface area contributed by atoms with Gasteiger partial charge in [0, 0.05) is 19.1 Å². The molecule has 0 radical (unpaired) electrons. The van der Waals surface area contributed by atoms with Gasteiger partial charge < -0.3 is 11.1 Å². The normalized spacial score (nSPS) is 21.8. The average Bonchev–Trinajstić information content (AvgIpc) is 2.85. The van der Waals surface area contributed by atoms with Crippen LogP contribution in [-0.2, 0) is 0 Å². The molecule has 0 amide bonds. The average molecular weight is 254 g/mol. The first-order valence-electron chi connectivity index (χ1n) is 7.49. The zero-order valence-electron chi connectivity index (χ0n) is 12.3. The van der Waals surface area contributed by atoms with Crippen molar-refractivity contribution in [1.29, 1.82) is 0 Å². The molecule has 0 aliphatic carbocycles. The quantitative estimate of drug-likeness (QED) is 0.538. The van der Waals surface area contributed by atoms with Crippen LogP contribution in [0.25, 0.3) is 0 Å². The molecular formula is C14H30N4. The number of guanidine groups is 1. The lowest BCUT2D eigenvalue weighted by Crippen LogP contribution is -2.42. The summed E-state index contributed by atoms with van der Waals surface area (Å²) < 4.78 is 0. The highest BCUT2D eigenvalue weighted by Crippen LogP contribution is 2.15. The molecule has 1 aliphatic rings. The van der Waals surface area contributed by atoms with Gasteiger partial charge in [-0.2, -0.15) is 0 Å². The minimum absolute atomic E-state index is 0.616. The maximum atomic E-state index is 5.92. The van der Waals surface area contributed by atoms with Gasteiger partial charge in [0.05, 0.1) is 0 Å². The molecule has 1 saturated heterocycles. The first kappa shape index (κ1) is 15.3. The third-order valence-corrected chi connectivity index (χ3v) is 4.10. The van der Waals surface area contributed by atoms with Crippen molar-refractivity contribution in [2.75, 3.05) is 26.2 Å². The molecule has 0 spiro atoms. The largest absolute Gasteiger partial charge is 0.370 e. The summed E-state index contributed by atoms with van der Waals surface area (Å²) in [5.74, 6) is 1.29. The summed E-state index contributed by atoms with van der Waals surface area (Å²) in [4.78, 5) is 6.96. The van der Waals surface area contributed by atoms with Crippen molar-refractivity contribution in [2.24, 2.45) is 16.6 Å². The number of hydrogen-bond acceptors (Lipinski definition) is 2. The maximum absolute atomic E-state index is 5.92. The van der Waals surface area contributed by atoms with Gasteiger partial charge in [-0.15, -0.1) is 0 Å². The topological polar surface area (TPSA) is 53.6 Å². The van der Waals surface area contributed by atoms with E-state index in [1.54, 1.807) is 0 Å². The summed E-state index contributed by atoms with van der Waals surface area (Å²) in [5, 5.41) is 3.28. The Labute approximate surface area is 112 Å². The fourth-order valence-electron chi connectivity index (χ4n) is 2.60. The Bertz CT molecular complexity index is 248. The van der Waals surface area contributed by atoms with E-state index in [4.69, 9.17) is 5.73 Å². The van der Waals surface area contributed by atoms with Crippen LogP contribution in [0.15, 0.2) is 4.99 Å². The van der Waals surface area contributed by atoms with E-state index in [1.165, 1.54) is 32.2 Å². The second-order valence-electron chi connectivity index (χ2n) is 5.21. The molecule has 1 heterocycles. The maximum Gasteiger partial charge on any atom is 0.188 e. The minimum atomic E-state index is 0.616. The molecule has 0 aromatic heterocycles. The van der Waals surface area contributed by atoms with Gasteiger partial charge in [0.1, 0.15) is 0 Å². The zero-order chi connectivity index (χ0) is 13.4. The molecular weight excluding hydrogens is 224 g/mol. The van der Waals surface area contributed by atoms with Gasteiger partial charge in [0.25, 0.3) is 0 Å². The van der Waals surface area contributed by atoms with E-state index in [1.807, 2.05) is 0 Å². The van der Waals surface area contributed by atoms with Gasteiger partial charge in [-0.05, 0) is 31.8 Å². The molecule has 1 fully saturated rings. The number of likely N-dealkylation sites (tertiary alicyclic amines) is 1. The summed E-state index contributed by atoms with van der Waals surface area (Å²) in [6, 6.07) is 0.636. The van der Waals surface area contributed by atoms with Gasteiger partial charge >= 0.3 is 0 Å². The van der Waals surface area contributed by atoms with Crippen LogP contribution in [0.1, 0.15) is 46.5 Å². The Kier molecular flexibility index (Phi) is 7.09. The van der Waals surface area contributed by atoms with Crippen molar-refractivity contribution in [2.45, 2.75) is 52.5 Å². The fourth-order valence-corrected chi connectivity index (χ4v) is 2.60. The Balaban J connectivity index is 2.27. The van der Waals surface area contributed by atoms with Crippen molar-refractivity contribution in [3.05, 3.63) is 0 Å². The highest BCUT2D eigenvalue weighted by Gasteiger charge is 2.22. The second-order valence-corrected chi connectivity index (χ2v) is 5.21. The number of nitrogens with one attached hydrogen (secondary N) is 1. The van der Waals surface area contributed by atoms with Crippen LogP contribution in [0.3, 0.4) is 0 Å². The Morgan fingerprint density at radius 1 is 1.39 bits per heavy atom. The lowest BCUT2D eigenvalue weighted by molar-refractivity contribution is 0.267. The van der Waals surface area contributed by atoms with Crippen LogP contribution >= 0.6 is 0 Å². The van der Waals surface area contributed by atoms with E-state index in [0.29, 0.717) is 17.9 Å². The minimum Gasteiger partial charge on any atom is -0.370 e. The summed E-state index contributed by atoms with van der Waals surface area (Å²) in [6.45, 7) is 10.8.